The van der Waals surface area contributed by atoms with Crippen molar-refractivity contribution in [3.63, 3.8) is 0 Å². The van der Waals surface area contributed by atoms with Crippen LogP contribution in [-0.2, 0) is 14.3 Å². The lowest BCUT2D eigenvalue weighted by molar-refractivity contribution is -0.111. The van der Waals surface area contributed by atoms with E-state index in [2.05, 4.69) is 14.8 Å². The molecule has 1 amide bonds. The Morgan fingerprint density at radius 1 is 0.852 bits per heavy atom. The number of amides is 1. The molecular formula is C20H19NO6. The van der Waals surface area contributed by atoms with Crippen molar-refractivity contribution in [3.05, 3.63) is 65.2 Å². The van der Waals surface area contributed by atoms with E-state index in [1.807, 2.05) is 0 Å². The van der Waals surface area contributed by atoms with Crippen molar-refractivity contribution < 1.29 is 28.6 Å². The Bertz CT molecular complexity index is 836. The molecule has 2 rings (SSSR count). The molecule has 140 valence electrons. The summed E-state index contributed by atoms with van der Waals surface area (Å²) in [5.41, 5.74) is 1.32. The van der Waals surface area contributed by atoms with Crippen molar-refractivity contribution in [2.45, 2.75) is 0 Å². The molecule has 0 aliphatic rings. The van der Waals surface area contributed by atoms with Gasteiger partial charge in [-0.3, -0.25) is 4.79 Å². The molecule has 2 aromatic carbocycles. The Kier molecular flexibility index (Phi) is 6.71. The maximum absolute atomic E-state index is 12.2. The van der Waals surface area contributed by atoms with Crippen LogP contribution in [0.5, 0.6) is 5.75 Å². The molecule has 0 unspecified atom stereocenters. The van der Waals surface area contributed by atoms with Crippen molar-refractivity contribution in [1.82, 2.24) is 0 Å². The molecule has 2 aromatic rings. The summed E-state index contributed by atoms with van der Waals surface area (Å²) >= 11 is 0. The first-order chi connectivity index (χ1) is 13.0. The molecular weight excluding hydrogens is 350 g/mol. The van der Waals surface area contributed by atoms with Crippen LogP contribution in [0.2, 0.25) is 0 Å². The Balaban J connectivity index is 2.18. The van der Waals surface area contributed by atoms with Crippen LogP contribution in [-0.4, -0.2) is 39.2 Å². The van der Waals surface area contributed by atoms with Crippen LogP contribution in [0.25, 0.3) is 6.08 Å². The van der Waals surface area contributed by atoms with Crippen LogP contribution >= 0.6 is 0 Å². The van der Waals surface area contributed by atoms with Crippen LogP contribution in [0.3, 0.4) is 0 Å². The van der Waals surface area contributed by atoms with Gasteiger partial charge in [-0.25, -0.2) is 9.59 Å². The quantitative estimate of drug-likeness (QED) is 0.622. The van der Waals surface area contributed by atoms with E-state index in [0.29, 0.717) is 5.75 Å². The van der Waals surface area contributed by atoms with Crippen molar-refractivity contribution in [2.75, 3.05) is 26.6 Å². The number of carbonyl (C=O) groups excluding carboxylic acids is 3. The van der Waals surface area contributed by atoms with Gasteiger partial charge in [0.25, 0.3) is 0 Å². The number of anilines is 1. The molecule has 0 radical (unpaired) electrons. The molecule has 0 heterocycles. The van der Waals surface area contributed by atoms with Crippen molar-refractivity contribution in [3.8, 4) is 5.75 Å². The number of hydrogen-bond acceptors (Lipinski definition) is 6. The topological polar surface area (TPSA) is 90.9 Å². The zero-order valence-corrected chi connectivity index (χ0v) is 15.1. The maximum atomic E-state index is 12.2. The molecule has 0 fully saturated rings. The van der Waals surface area contributed by atoms with Crippen LogP contribution in [0.4, 0.5) is 5.69 Å². The van der Waals surface area contributed by atoms with Gasteiger partial charge in [0.1, 0.15) is 5.75 Å². The van der Waals surface area contributed by atoms with E-state index in [1.54, 1.807) is 37.5 Å². The van der Waals surface area contributed by atoms with E-state index in [-0.39, 0.29) is 16.8 Å². The fraction of sp³-hybridized carbons (Fsp3) is 0.150. The Labute approximate surface area is 156 Å². The minimum atomic E-state index is -0.634. The molecule has 0 aliphatic heterocycles. The maximum Gasteiger partial charge on any atom is 0.337 e. The number of carbonyl (C=O) groups is 3. The van der Waals surface area contributed by atoms with Gasteiger partial charge in [0.15, 0.2) is 0 Å². The predicted molar refractivity (Wildman–Crippen MR) is 99.8 cm³/mol. The highest BCUT2D eigenvalue weighted by atomic mass is 16.5. The number of benzene rings is 2. The minimum absolute atomic E-state index is 0.120. The van der Waals surface area contributed by atoms with Gasteiger partial charge in [-0.05, 0) is 42.0 Å². The van der Waals surface area contributed by atoms with Crippen molar-refractivity contribution in [2.24, 2.45) is 0 Å². The fourth-order valence-electron chi connectivity index (χ4n) is 2.24. The molecule has 7 heteroatoms. The summed E-state index contributed by atoms with van der Waals surface area (Å²) in [7, 11) is 4.02. The van der Waals surface area contributed by atoms with Gasteiger partial charge < -0.3 is 19.5 Å². The lowest BCUT2D eigenvalue weighted by Gasteiger charge is -2.08. The lowest BCUT2D eigenvalue weighted by Crippen LogP contribution is -2.12. The summed E-state index contributed by atoms with van der Waals surface area (Å²) in [6, 6.07) is 11.3. The van der Waals surface area contributed by atoms with Gasteiger partial charge in [0.2, 0.25) is 5.91 Å². The average molecular weight is 369 g/mol. The molecule has 1 N–H and O–H groups in total. The molecule has 0 aromatic heterocycles. The van der Waals surface area contributed by atoms with E-state index in [4.69, 9.17) is 4.74 Å². The smallest absolute Gasteiger partial charge is 0.337 e. The van der Waals surface area contributed by atoms with Crippen molar-refractivity contribution >= 4 is 29.6 Å². The molecule has 0 atom stereocenters. The summed E-state index contributed by atoms with van der Waals surface area (Å²) in [4.78, 5) is 35.7. The third-order valence-corrected chi connectivity index (χ3v) is 3.59. The number of rotatable bonds is 6. The second kappa shape index (κ2) is 9.19. The largest absolute Gasteiger partial charge is 0.497 e. The number of esters is 2. The highest BCUT2D eigenvalue weighted by Crippen LogP contribution is 2.17. The molecule has 0 spiro atoms. The molecule has 0 saturated heterocycles. The highest BCUT2D eigenvalue weighted by Gasteiger charge is 2.14. The first-order valence-corrected chi connectivity index (χ1v) is 7.91. The predicted octanol–water partition coefficient (Wildman–Crippen LogP) is 2.92. The first kappa shape index (κ1) is 19.7. The summed E-state index contributed by atoms with van der Waals surface area (Å²) in [5, 5.41) is 2.61. The van der Waals surface area contributed by atoms with Gasteiger partial charge in [0, 0.05) is 11.8 Å². The van der Waals surface area contributed by atoms with E-state index < -0.39 is 17.8 Å². The lowest BCUT2D eigenvalue weighted by atomic mass is 10.1. The Morgan fingerprint density at radius 3 is 1.89 bits per heavy atom. The number of hydrogen-bond donors (Lipinski definition) is 1. The zero-order valence-electron chi connectivity index (χ0n) is 15.1. The molecule has 0 saturated carbocycles. The van der Waals surface area contributed by atoms with Crippen LogP contribution in [0.15, 0.2) is 48.5 Å². The SMILES string of the molecule is COC(=O)c1cc(NC(=O)C=Cc2ccc(OC)cc2)cc(C(=O)OC)c1. The van der Waals surface area contributed by atoms with Gasteiger partial charge in [-0.1, -0.05) is 12.1 Å². The summed E-state index contributed by atoms with van der Waals surface area (Å²) in [6.07, 6.45) is 2.96. The zero-order chi connectivity index (χ0) is 19.8. The van der Waals surface area contributed by atoms with E-state index in [9.17, 15) is 14.4 Å². The van der Waals surface area contributed by atoms with Gasteiger partial charge in [0.05, 0.1) is 32.5 Å². The van der Waals surface area contributed by atoms with E-state index in [1.165, 1.54) is 38.5 Å². The molecule has 0 bridgehead atoms. The van der Waals surface area contributed by atoms with Crippen LogP contribution in [0, 0.1) is 0 Å². The standard InChI is InChI=1S/C20H19NO6/c1-25-17-7-4-13(5-8-17)6-9-18(22)21-16-11-14(19(23)26-2)10-15(12-16)20(24)27-3/h4-12H,1-3H3,(H,21,22). The number of ether oxygens (including phenoxy) is 3. The second-order valence-electron chi connectivity index (χ2n) is 5.38. The third kappa shape index (κ3) is 5.43. The van der Waals surface area contributed by atoms with Gasteiger partial charge in [-0.15, -0.1) is 0 Å². The van der Waals surface area contributed by atoms with Crippen LogP contribution < -0.4 is 10.1 Å². The second-order valence-corrected chi connectivity index (χ2v) is 5.38. The van der Waals surface area contributed by atoms with E-state index >= 15 is 0 Å². The third-order valence-electron chi connectivity index (χ3n) is 3.59. The summed E-state index contributed by atoms with van der Waals surface area (Å²) in [6.45, 7) is 0. The monoisotopic (exact) mass is 369 g/mol. The normalized spacial score (nSPS) is 10.3. The van der Waals surface area contributed by atoms with Gasteiger partial charge >= 0.3 is 11.9 Å². The number of nitrogens with one attached hydrogen (secondary N) is 1. The first-order valence-electron chi connectivity index (χ1n) is 7.91. The molecule has 0 aliphatic carbocycles. The highest BCUT2D eigenvalue weighted by molar-refractivity contribution is 6.04. The van der Waals surface area contributed by atoms with Crippen LogP contribution in [0.1, 0.15) is 26.3 Å². The summed E-state index contributed by atoms with van der Waals surface area (Å²) < 4.78 is 14.4. The Morgan fingerprint density at radius 2 is 1.41 bits per heavy atom. The number of methoxy groups -OCH3 is 3. The summed E-state index contributed by atoms with van der Waals surface area (Å²) in [5.74, 6) is -0.981. The minimum Gasteiger partial charge on any atom is -0.497 e. The van der Waals surface area contributed by atoms with E-state index in [0.717, 1.165) is 5.56 Å². The van der Waals surface area contributed by atoms with Crippen molar-refractivity contribution in [1.29, 1.82) is 0 Å². The molecule has 27 heavy (non-hydrogen) atoms. The molecule has 7 nitrogen and oxygen atoms in total. The van der Waals surface area contributed by atoms with Gasteiger partial charge in [-0.2, -0.15) is 0 Å². The fourth-order valence-corrected chi connectivity index (χ4v) is 2.24. The Hall–Kier alpha value is -3.61. The average Bonchev–Trinajstić information content (AvgIpc) is 2.71.